The largest absolute Gasteiger partial charge is 0.383 e. The van der Waals surface area contributed by atoms with Crippen LogP contribution in [0.25, 0.3) is 0 Å². The van der Waals surface area contributed by atoms with E-state index in [1.165, 1.54) is 6.26 Å². The first-order chi connectivity index (χ1) is 12.3. The SMILES string of the molecule is COCC1CC2(CCN(C(=O)c3ccccc3C)CC2)CN1S(C)(=O)=O. The summed E-state index contributed by atoms with van der Waals surface area (Å²) in [7, 11) is -1.65. The van der Waals surface area contributed by atoms with Crippen LogP contribution in [0.4, 0.5) is 0 Å². The Hall–Kier alpha value is -1.44. The van der Waals surface area contributed by atoms with E-state index in [-0.39, 0.29) is 17.4 Å². The number of ether oxygens (including phenoxy) is 1. The number of hydrogen-bond acceptors (Lipinski definition) is 4. The van der Waals surface area contributed by atoms with Crippen LogP contribution in [-0.2, 0) is 14.8 Å². The van der Waals surface area contributed by atoms with Gasteiger partial charge in [-0.15, -0.1) is 0 Å². The molecule has 0 saturated carbocycles. The molecule has 1 spiro atoms. The van der Waals surface area contributed by atoms with Crippen LogP contribution in [-0.4, -0.2) is 69.2 Å². The van der Waals surface area contributed by atoms with Gasteiger partial charge in [-0.1, -0.05) is 18.2 Å². The fourth-order valence-corrected chi connectivity index (χ4v) is 5.56. The molecule has 0 radical (unpaired) electrons. The van der Waals surface area contributed by atoms with Crippen LogP contribution in [0, 0.1) is 12.3 Å². The van der Waals surface area contributed by atoms with E-state index in [0.717, 1.165) is 30.4 Å². The molecule has 2 aliphatic heterocycles. The maximum Gasteiger partial charge on any atom is 0.254 e. The normalized spacial score (nSPS) is 23.5. The van der Waals surface area contributed by atoms with Gasteiger partial charge in [-0.3, -0.25) is 4.79 Å². The monoisotopic (exact) mass is 380 g/mol. The third-order valence-corrected chi connectivity index (χ3v) is 7.12. The highest BCUT2D eigenvalue weighted by atomic mass is 32.2. The molecule has 1 atom stereocenters. The minimum Gasteiger partial charge on any atom is -0.383 e. The highest BCUT2D eigenvalue weighted by Crippen LogP contribution is 2.44. The quantitative estimate of drug-likeness (QED) is 0.800. The lowest BCUT2D eigenvalue weighted by molar-refractivity contribution is 0.0594. The van der Waals surface area contributed by atoms with Gasteiger partial charge in [-0.2, -0.15) is 4.31 Å². The zero-order valence-corrected chi connectivity index (χ0v) is 16.6. The van der Waals surface area contributed by atoms with Crippen molar-refractivity contribution in [2.45, 2.75) is 32.2 Å². The summed E-state index contributed by atoms with van der Waals surface area (Å²) in [6, 6.07) is 7.55. The van der Waals surface area contributed by atoms with Gasteiger partial charge in [0.2, 0.25) is 10.0 Å². The van der Waals surface area contributed by atoms with E-state index >= 15 is 0 Å². The molecule has 0 N–H and O–H groups in total. The number of hydrogen-bond donors (Lipinski definition) is 0. The van der Waals surface area contributed by atoms with Crippen LogP contribution in [0.1, 0.15) is 35.2 Å². The van der Waals surface area contributed by atoms with Gasteiger partial charge in [-0.05, 0) is 43.2 Å². The Kier molecular flexibility index (Phi) is 5.42. The molecule has 2 heterocycles. The maximum absolute atomic E-state index is 12.8. The standard InChI is InChI=1S/C19H28N2O4S/c1-15-6-4-5-7-17(15)18(22)20-10-8-19(9-11-20)12-16(13-25-2)21(14-19)26(3,23)24/h4-7,16H,8-14H2,1-3H3. The Morgan fingerprint density at radius 3 is 2.50 bits per heavy atom. The van der Waals surface area contributed by atoms with Crippen molar-refractivity contribution in [1.29, 1.82) is 0 Å². The van der Waals surface area contributed by atoms with Crippen LogP contribution < -0.4 is 0 Å². The van der Waals surface area contributed by atoms with E-state index in [9.17, 15) is 13.2 Å². The molecule has 0 bridgehead atoms. The highest BCUT2D eigenvalue weighted by molar-refractivity contribution is 7.88. The number of rotatable bonds is 4. The number of benzene rings is 1. The second-order valence-electron chi connectivity index (χ2n) is 7.73. The summed E-state index contributed by atoms with van der Waals surface area (Å²) < 4.78 is 31.1. The van der Waals surface area contributed by atoms with Crippen molar-refractivity contribution in [2.75, 3.05) is 39.6 Å². The zero-order chi connectivity index (χ0) is 18.9. The lowest BCUT2D eigenvalue weighted by Gasteiger charge is -2.39. The number of carbonyl (C=O) groups excluding carboxylic acids is 1. The smallest absolute Gasteiger partial charge is 0.254 e. The Morgan fingerprint density at radius 1 is 1.27 bits per heavy atom. The van der Waals surface area contributed by atoms with Gasteiger partial charge in [0.15, 0.2) is 0 Å². The zero-order valence-electron chi connectivity index (χ0n) is 15.8. The van der Waals surface area contributed by atoms with Crippen molar-refractivity contribution >= 4 is 15.9 Å². The van der Waals surface area contributed by atoms with Gasteiger partial charge in [0, 0.05) is 38.3 Å². The van der Waals surface area contributed by atoms with E-state index < -0.39 is 10.0 Å². The van der Waals surface area contributed by atoms with Crippen molar-refractivity contribution in [1.82, 2.24) is 9.21 Å². The van der Waals surface area contributed by atoms with Gasteiger partial charge in [0.1, 0.15) is 0 Å². The van der Waals surface area contributed by atoms with E-state index in [2.05, 4.69) is 0 Å². The maximum atomic E-state index is 12.8. The lowest BCUT2D eigenvalue weighted by Crippen LogP contribution is -2.44. The van der Waals surface area contributed by atoms with Gasteiger partial charge in [-0.25, -0.2) is 8.42 Å². The van der Waals surface area contributed by atoms with E-state index in [4.69, 9.17) is 4.74 Å². The fourth-order valence-electron chi connectivity index (χ4n) is 4.38. The number of aryl methyl sites for hydroxylation is 1. The first-order valence-corrected chi connectivity index (χ1v) is 10.9. The van der Waals surface area contributed by atoms with E-state index in [1.54, 1.807) is 11.4 Å². The Morgan fingerprint density at radius 2 is 1.92 bits per heavy atom. The molecule has 1 unspecified atom stereocenters. The number of carbonyl (C=O) groups is 1. The molecular weight excluding hydrogens is 352 g/mol. The van der Waals surface area contributed by atoms with Crippen molar-refractivity contribution in [3.8, 4) is 0 Å². The van der Waals surface area contributed by atoms with Crippen LogP contribution in [0.2, 0.25) is 0 Å². The summed E-state index contributed by atoms with van der Waals surface area (Å²) in [6.07, 6.45) is 3.74. The summed E-state index contributed by atoms with van der Waals surface area (Å²) in [5, 5.41) is 0. The highest BCUT2D eigenvalue weighted by Gasteiger charge is 2.48. The fraction of sp³-hybridized carbons (Fsp3) is 0.632. The predicted octanol–water partition coefficient (Wildman–Crippen LogP) is 1.90. The molecule has 144 valence electrons. The molecule has 3 rings (SSSR count). The van der Waals surface area contributed by atoms with E-state index in [1.807, 2.05) is 36.1 Å². The second kappa shape index (κ2) is 7.29. The van der Waals surface area contributed by atoms with Crippen LogP contribution in [0.15, 0.2) is 24.3 Å². The van der Waals surface area contributed by atoms with Crippen LogP contribution in [0.3, 0.4) is 0 Å². The van der Waals surface area contributed by atoms with Crippen molar-refractivity contribution < 1.29 is 17.9 Å². The summed E-state index contributed by atoms with van der Waals surface area (Å²) in [5.41, 5.74) is 1.70. The number of methoxy groups -OCH3 is 1. The van der Waals surface area contributed by atoms with Crippen molar-refractivity contribution in [3.63, 3.8) is 0 Å². The summed E-state index contributed by atoms with van der Waals surface area (Å²) in [5.74, 6) is 0.0735. The Labute approximate surface area is 156 Å². The van der Waals surface area contributed by atoms with Gasteiger partial charge < -0.3 is 9.64 Å². The molecule has 1 aromatic carbocycles. The van der Waals surface area contributed by atoms with Gasteiger partial charge in [0.05, 0.1) is 12.9 Å². The third kappa shape index (κ3) is 3.80. The minimum atomic E-state index is -3.25. The van der Waals surface area contributed by atoms with Crippen LogP contribution in [0.5, 0.6) is 0 Å². The molecule has 2 aliphatic rings. The molecule has 26 heavy (non-hydrogen) atoms. The minimum absolute atomic E-state index is 0.0468. The molecule has 0 aliphatic carbocycles. The molecular formula is C19H28N2O4S. The molecule has 6 nitrogen and oxygen atoms in total. The first kappa shape index (κ1) is 19.3. The third-order valence-electron chi connectivity index (χ3n) is 5.84. The van der Waals surface area contributed by atoms with Crippen molar-refractivity contribution in [2.24, 2.45) is 5.41 Å². The summed E-state index contributed by atoms with van der Waals surface area (Å²) >= 11 is 0. The van der Waals surface area contributed by atoms with E-state index in [0.29, 0.717) is 26.2 Å². The average Bonchev–Trinajstić information content (AvgIpc) is 2.94. The number of likely N-dealkylation sites (tertiary alicyclic amines) is 1. The first-order valence-electron chi connectivity index (χ1n) is 9.06. The number of piperidine rings is 1. The van der Waals surface area contributed by atoms with Crippen LogP contribution >= 0.6 is 0 Å². The number of amides is 1. The number of sulfonamides is 1. The van der Waals surface area contributed by atoms with Gasteiger partial charge in [0.25, 0.3) is 5.91 Å². The molecule has 1 amide bonds. The van der Waals surface area contributed by atoms with Crippen molar-refractivity contribution in [3.05, 3.63) is 35.4 Å². The molecule has 0 aromatic heterocycles. The lowest BCUT2D eigenvalue weighted by atomic mass is 9.76. The summed E-state index contributed by atoms with van der Waals surface area (Å²) in [6.45, 7) is 4.25. The number of nitrogens with zero attached hydrogens (tertiary/aromatic N) is 2. The summed E-state index contributed by atoms with van der Waals surface area (Å²) in [4.78, 5) is 14.7. The molecule has 1 aromatic rings. The topological polar surface area (TPSA) is 66.9 Å². The molecule has 2 saturated heterocycles. The molecule has 7 heteroatoms. The Bertz CT molecular complexity index is 769. The predicted molar refractivity (Wildman–Crippen MR) is 101 cm³/mol. The average molecular weight is 381 g/mol. The molecule has 2 fully saturated rings. The second-order valence-corrected chi connectivity index (χ2v) is 9.66. The Balaban J connectivity index is 1.70. The van der Waals surface area contributed by atoms with Gasteiger partial charge >= 0.3 is 0 Å².